The number of hydrogen-bond donors (Lipinski definition) is 1. The van der Waals surface area contributed by atoms with Crippen molar-refractivity contribution in [1.82, 2.24) is 19.5 Å². The molecule has 0 aliphatic rings. The molecule has 0 aliphatic carbocycles. The highest BCUT2D eigenvalue weighted by molar-refractivity contribution is 5.37. The number of anilines is 1. The third-order valence-electron chi connectivity index (χ3n) is 2.58. The molecule has 2 heterocycles. The van der Waals surface area contributed by atoms with E-state index < -0.39 is 0 Å². The van der Waals surface area contributed by atoms with Crippen LogP contribution >= 0.6 is 0 Å². The van der Waals surface area contributed by atoms with Crippen LogP contribution in [-0.2, 0) is 6.54 Å². The SMILES string of the molecule is Cc1nccnc1NCCCCn1ccnc1. The minimum Gasteiger partial charge on any atom is -0.369 e. The summed E-state index contributed by atoms with van der Waals surface area (Å²) in [7, 11) is 0. The summed E-state index contributed by atoms with van der Waals surface area (Å²) in [5, 5.41) is 3.29. The number of nitrogens with zero attached hydrogens (tertiary/aromatic N) is 4. The van der Waals surface area contributed by atoms with Crippen LogP contribution in [0.25, 0.3) is 0 Å². The molecule has 0 atom stereocenters. The van der Waals surface area contributed by atoms with Gasteiger partial charge in [-0.1, -0.05) is 0 Å². The van der Waals surface area contributed by atoms with Crippen LogP contribution in [0.2, 0.25) is 0 Å². The molecule has 2 aromatic rings. The smallest absolute Gasteiger partial charge is 0.147 e. The second-order valence-electron chi connectivity index (χ2n) is 3.92. The van der Waals surface area contributed by atoms with Crippen molar-refractivity contribution in [2.45, 2.75) is 26.3 Å². The lowest BCUT2D eigenvalue weighted by Crippen LogP contribution is -2.06. The summed E-state index contributed by atoms with van der Waals surface area (Å²) in [5.74, 6) is 0.884. The Kier molecular flexibility index (Phi) is 4.07. The van der Waals surface area contributed by atoms with Gasteiger partial charge in [-0.3, -0.25) is 4.98 Å². The molecule has 2 aromatic heterocycles. The van der Waals surface area contributed by atoms with Gasteiger partial charge in [-0.05, 0) is 19.8 Å². The Labute approximate surface area is 101 Å². The predicted octanol–water partition coefficient (Wildman–Crippen LogP) is 1.87. The molecule has 5 nitrogen and oxygen atoms in total. The maximum absolute atomic E-state index is 4.24. The Morgan fingerprint density at radius 2 is 2.06 bits per heavy atom. The zero-order valence-electron chi connectivity index (χ0n) is 10.0. The standard InChI is InChI=1S/C12H17N5/c1-11-12(16-6-5-14-11)15-4-2-3-8-17-9-7-13-10-17/h5-7,9-10H,2-4,8H2,1H3,(H,15,16). The average molecular weight is 231 g/mol. The fourth-order valence-corrected chi connectivity index (χ4v) is 1.63. The first-order chi connectivity index (χ1) is 8.36. The third kappa shape index (κ3) is 3.55. The molecule has 0 amide bonds. The van der Waals surface area contributed by atoms with Crippen LogP contribution in [0.3, 0.4) is 0 Å². The highest BCUT2D eigenvalue weighted by Crippen LogP contribution is 2.06. The van der Waals surface area contributed by atoms with E-state index in [2.05, 4.69) is 24.8 Å². The Hall–Kier alpha value is -1.91. The number of hydrogen-bond acceptors (Lipinski definition) is 4. The lowest BCUT2D eigenvalue weighted by atomic mass is 10.3. The summed E-state index contributed by atoms with van der Waals surface area (Å²) in [6, 6.07) is 0. The van der Waals surface area contributed by atoms with Gasteiger partial charge in [0.15, 0.2) is 0 Å². The van der Waals surface area contributed by atoms with Gasteiger partial charge >= 0.3 is 0 Å². The second-order valence-corrected chi connectivity index (χ2v) is 3.92. The molecule has 5 heteroatoms. The van der Waals surface area contributed by atoms with Crippen LogP contribution in [0, 0.1) is 6.92 Å². The van der Waals surface area contributed by atoms with E-state index in [4.69, 9.17) is 0 Å². The van der Waals surface area contributed by atoms with E-state index in [1.165, 1.54) is 0 Å². The molecule has 17 heavy (non-hydrogen) atoms. The lowest BCUT2D eigenvalue weighted by Gasteiger charge is -2.07. The van der Waals surface area contributed by atoms with E-state index in [9.17, 15) is 0 Å². The van der Waals surface area contributed by atoms with E-state index in [1.54, 1.807) is 18.6 Å². The first-order valence-corrected chi connectivity index (χ1v) is 5.83. The number of rotatable bonds is 6. The highest BCUT2D eigenvalue weighted by Gasteiger charge is 1.98. The molecule has 0 aliphatic heterocycles. The number of unbranched alkanes of at least 4 members (excludes halogenated alkanes) is 1. The summed E-state index contributed by atoms with van der Waals surface area (Å²) >= 11 is 0. The average Bonchev–Trinajstić information content (AvgIpc) is 2.84. The van der Waals surface area contributed by atoms with Crippen LogP contribution in [0.4, 0.5) is 5.82 Å². The van der Waals surface area contributed by atoms with Crippen molar-refractivity contribution in [3.05, 3.63) is 36.8 Å². The van der Waals surface area contributed by atoms with E-state index >= 15 is 0 Å². The maximum atomic E-state index is 4.24. The van der Waals surface area contributed by atoms with Crippen LogP contribution in [0.15, 0.2) is 31.1 Å². The Bertz CT molecular complexity index is 438. The van der Waals surface area contributed by atoms with Gasteiger partial charge in [0.2, 0.25) is 0 Å². The van der Waals surface area contributed by atoms with Crippen molar-refractivity contribution in [2.75, 3.05) is 11.9 Å². The first kappa shape index (κ1) is 11.6. The molecule has 2 rings (SSSR count). The predicted molar refractivity (Wildman–Crippen MR) is 66.7 cm³/mol. The third-order valence-corrected chi connectivity index (χ3v) is 2.58. The van der Waals surface area contributed by atoms with Crippen LogP contribution in [0.1, 0.15) is 18.5 Å². The van der Waals surface area contributed by atoms with Crippen LogP contribution in [0.5, 0.6) is 0 Å². The molecule has 0 radical (unpaired) electrons. The molecule has 0 unspecified atom stereocenters. The lowest BCUT2D eigenvalue weighted by molar-refractivity contribution is 0.620. The minimum absolute atomic E-state index is 0.884. The highest BCUT2D eigenvalue weighted by atomic mass is 15.0. The largest absolute Gasteiger partial charge is 0.369 e. The molecular formula is C12H17N5. The van der Waals surface area contributed by atoms with Crippen molar-refractivity contribution < 1.29 is 0 Å². The number of aromatic nitrogens is 4. The van der Waals surface area contributed by atoms with Gasteiger partial charge in [0, 0.05) is 37.9 Å². The summed E-state index contributed by atoms with van der Waals surface area (Å²) < 4.78 is 2.09. The molecule has 0 fully saturated rings. The second kappa shape index (κ2) is 5.98. The van der Waals surface area contributed by atoms with Gasteiger partial charge in [0.05, 0.1) is 12.0 Å². The van der Waals surface area contributed by atoms with Crippen molar-refractivity contribution in [2.24, 2.45) is 0 Å². The topological polar surface area (TPSA) is 55.6 Å². The monoisotopic (exact) mass is 231 g/mol. The zero-order valence-corrected chi connectivity index (χ0v) is 10.0. The van der Waals surface area contributed by atoms with Crippen molar-refractivity contribution in [1.29, 1.82) is 0 Å². The number of nitrogens with one attached hydrogen (secondary N) is 1. The van der Waals surface area contributed by atoms with Gasteiger partial charge in [0.25, 0.3) is 0 Å². The molecular weight excluding hydrogens is 214 g/mol. The van der Waals surface area contributed by atoms with Gasteiger partial charge in [-0.15, -0.1) is 0 Å². The van der Waals surface area contributed by atoms with Gasteiger partial charge < -0.3 is 9.88 Å². The Morgan fingerprint density at radius 1 is 1.18 bits per heavy atom. The molecule has 0 spiro atoms. The summed E-state index contributed by atoms with van der Waals surface area (Å²) in [6.07, 6.45) is 11.3. The molecule has 0 aromatic carbocycles. The van der Waals surface area contributed by atoms with Gasteiger partial charge in [-0.25, -0.2) is 9.97 Å². The summed E-state index contributed by atoms with van der Waals surface area (Å²) in [6.45, 7) is 3.90. The minimum atomic E-state index is 0.884. The number of imidazole rings is 1. The van der Waals surface area contributed by atoms with Crippen molar-refractivity contribution >= 4 is 5.82 Å². The van der Waals surface area contributed by atoms with E-state index in [0.29, 0.717) is 0 Å². The summed E-state index contributed by atoms with van der Waals surface area (Å²) in [5.41, 5.74) is 0.946. The van der Waals surface area contributed by atoms with Gasteiger partial charge in [-0.2, -0.15) is 0 Å². The Balaban J connectivity index is 1.65. The quantitative estimate of drug-likeness (QED) is 0.771. The normalized spacial score (nSPS) is 10.4. The van der Waals surface area contributed by atoms with E-state index in [-0.39, 0.29) is 0 Å². The Morgan fingerprint density at radius 3 is 2.82 bits per heavy atom. The van der Waals surface area contributed by atoms with Crippen LogP contribution < -0.4 is 5.32 Å². The molecule has 0 saturated carbocycles. The van der Waals surface area contributed by atoms with E-state index in [1.807, 2.05) is 19.4 Å². The maximum Gasteiger partial charge on any atom is 0.147 e. The molecule has 1 N–H and O–H groups in total. The van der Waals surface area contributed by atoms with Crippen molar-refractivity contribution in [3.63, 3.8) is 0 Å². The number of aryl methyl sites for hydroxylation is 2. The molecule has 0 saturated heterocycles. The molecule has 90 valence electrons. The van der Waals surface area contributed by atoms with E-state index in [0.717, 1.165) is 37.4 Å². The van der Waals surface area contributed by atoms with Crippen LogP contribution in [-0.4, -0.2) is 26.1 Å². The molecule has 0 bridgehead atoms. The fourth-order valence-electron chi connectivity index (χ4n) is 1.63. The summed E-state index contributed by atoms with van der Waals surface area (Å²) in [4.78, 5) is 12.4. The first-order valence-electron chi connectivity index (χ1n) is 5.83. The zero-order chi connectivity index (χ0) is 11.9. The van der Waals surface area contributed by atoms with Crippen molar-refractivity contribution in [3.8, 4) is 0 Å². The van der Waals surface area contributed by atoms with Gasteiger partial charge in [0.1, 0.15) is 5.82 Å². The fraction of sp³-hybridized carbons (Fsp3) is 0.417.